The molecule has 18 heavy (non-hydrogen) atoms. The molecule has 108 valence electrons. The first-order chi connectivity index (χ1) is 8.69. The molecule has 0 saturated carbocycles. The minimum Gasteiger partial charge on any atom is -0.377 e. The summed E-state index contributed by atoms with van der Waals surface area (Å²) in [7, 11) is 2.25. The summed E-state index contributed by atoms with van der Waals surface area (Å²) in [6.07, 6.45) is 6.66. The molecule has 0 aliphatic carbocycles. The molecule has 3 unspecified atom stereocenters. The van der Waals surface area contributed by atoms with Gasteiger partial charge in [-0.1, -0.05) is 13.8 Å². The Hall–Kier alpha value is -0.120. The number of rotatable bonds is 9. The third-order valence-electron chi connectivity index (χ3n) is 4.14. The zero-order chi connectivity index (χ0) is 13.4. The van der Waals surface area contributed by atoms with Crippen molar-refractivity contribution in [2.75, 3.05) is 26.7 Å². The number of likely N-dealkylation sites (N-methyl/N-ethyl adjacent to an activating group) is 1. The van der Waals surface area contributed by atoms with E-state index in [1.807, 2.05) is 0 Å². The molecule has 0 radical (unpaired) electrons. The highest BCUT2D eigenvalue weighted by Crippen LogP contribution is 2.18. The highest BCUT2D eigenvalue weighted by molar-refractivity contribution is 4.80. The quantitative estimate of drug-likeness (QED) is 0.686. The predicted octanol–water partition coefficient (Wildman–Crippen LogP) is 2.65. The van der Waals surface area contributed by atoms with Gasteiger partial charge in [0.05, 0.1) is 6.10 Å². The lowest BCUT2D eigenvalue weighted by atomic mass is 10.1. The molecule has 0 aromatic rings. The Morgan fingerprint density at radius 3 is 2.72 bits per heavy atom. The van der Waals surface area contributed by atoms with Gasteiger partial charge in [-0.05, 0) is 59.2 Å². The fourth-order valence-electron chi connectivity index (χ4n) is 2.85. The van der Waals surface area contributed by atoms with Crippen LogP contribution >= 0.6 is 0 Å². The van der Waals surface area contributed by atoms with Crippen LogP contribution in [0.1, 0.15) is 52.9 Å². The number of ether oxygens (including phenoxy) is 1. The lowest BCUT2D eigenvalue weighted by Crippen LogP contribution is -2.38. The van der Waals surface area contributed by atoms with E-state index in [0.717, 1.165) is 13.2 Å². The largest absolute Gasteiger partial charge is 0.377 e. The van der Waals surface area contributed by atoms with Gasteiger partial charge in [0.15, 0.2) is 0 Å². The Morgan fingerprint density at radius 1 is 1.39 bits per heavy atom. The van der Waals surface area contributed by atoms with Crippen LogP contribution in [0.2, 0.25) is 0 Å². The molecular formula is C15H32N2O. The predicted molar refractivity (Wildman–Crippen MR) is 78.1 cm³/mol. The molecule has 1 aliphatic rings. The molecule has 3 atom stereocenters. The van der Waals surface area contributed by atoms with Crippen LogP contribution in [0.5, 0.6) is 0 Å². The maximum atomic E-state index is 5.63. The van der Waals surface area contributed by atoms with Gasteiger partial charge >= 0.3 is 0 Å². The zero-order valence-electron chi connectivity index (χ0n) is 12.7. The standard InChI is InChI=1S/C15H32N2O/c1-5-10-16-14(6-2)8-7-11-17(4)15-9-12-18-13(15)3/h13-16H,5-12H2,1-4H3. The van der Waals surface area contributed by atoms with Gasteiger partial charge in [0.1, 0.15) is 0 Å². The Kier molecular flexibility index (Phi) is 7.87. The molecule has 0 aromatic heterocycles. The summed E-state index contributed by atoms with van der Waals surface area (Å²) in [4.78, 5) is 2.49. The first-order valence-electron chi connectivity index (χ1n) is 7.74. The van der Waals surface area contributed by atoms with Gasteiger partial charge in [-0.2, -0.15) is 0 Å². The van der Waals surface area contributed by atoms with Crippen LogP contribution in [-0.2, 0) is 4.74 Å². The van der Waals surface area contributed by atoms with E-state index >= 15 is 0 Å². The first kappa shape index (κ1) is 15.9. The van der Waals surface area contributed by atoms with Gasteiger partial charge in [0, 0.05) is 18.7 Å². The highest BCUT2D eigenvalue weighted by Gasteiger charge is 2.27. The van der Waals surface area contributed by atoms with Crippen LogP contribution in [-0.4, -0.2) is 49.8 Å². The van der Waals surface area contributed by atoms with Crippen molar-refractivity contribution in [3.05, 3.63) is 0 Å². The van der Waals surface area contributed by atoms with Crippen molar-refractivity contribution < 1.29 is 4.74 Å². The van der Waals surface area contributed by atoms with Crippen molar-refractivity contribution in [3.8, 4) is 0 Å². The Labute approximate surface area is 113 Å². The van der Waals surface area contributed by atoms with Gasteiger partial charge < -0.3 is 15.0 Å². The minimum absolute atomic E-state index is 0.412. The van der Waals surface area contributed by atoms with Gasteiger partial charge in [-0.3, -0.25) is 0 Å². The van der Waals surface area contributed by atoms with Crippen LogP contribution < -0.4 is 5.32 Å². The van der Waals surface area contributed by atoms with Gasteiger partial charge in [-0.25, -0.2) is 0 Å². The molecule has 0 amide bonds. The molecule has 1 rings (SSSR count). The number of hydrogen-bond donors (Lipinski definition) is 1. The van der Waals surface area contributed by atoms with E-state index in [4.69, 9.17) is 4.74 Å². The van der Waals surface area contributed by atoms with Gasteiger partial charge in [0.2, 0.25) is 0 Å². The fourth-order valence-corrected chi connectivity index (χ4v) is 2.85. The Bertz CT molecular complexity index is 211. The van der Waals surface area contributed by atoms with E-state index in [1.54, 1.807) is 0 Å². The lowest BCUT2D eigenvalue weighted by Gasteiger charge is -2.27. The smallest absolute Gasteiger partial charge is 0.0702 e. The summed E-state index contributed by atoms with van der Waals surface area (Å²) in [6, 6.07) is 1.34. The molecular weight excluding hydrogens is 224 g/mol. The van der Waals surface area contributed by atoms with Crippen molar-refractivity contribution in [2.45, 2.75) is 71.1 Å². The average molecular weight is 256 g/mol. The normalized spacial score (nSPS) is 25.8. The average Bonchev–Trinajstić information content (AvgIpc) is 2.79. The molecule has 1 heterocycles. The molecule has 0 spiro atoms. The summed E-state index contributed by atoms with van der Waals surface area (Å²) < 4.78 is 5.63. The zero-order valence-corrected chi connectivity index (χ0v) is 12.7. The van der Waals surface area contributed by atoms with Crippen LogP contribution in [0.25, 0.3) is 0 Å². The molecule has 1 aliphatic heterocycles. The molecule has 3 nitrogen and oxygen atoms in total. The monoisotopic (exact) mass is 256 g/mol. The van der Waals surface area contributed by atoms with Gasteiger partial charge in [0.25, 0.3) is 0 Å². The van der Waals surface area contributed by atoms with E-state index in [1.165, 1.54) is 38.6 Å². The van der Waals surface area contributed by atoms with Gasteiger partial charge in [-0.15, -0.1) is 0 Å². The van der Waals surface area contributed by atoms with E-state index in [-0.39, 0.29) is 0 Å². The lowest BCUT2D eigenvalue weighted by molar-refractivity contribution is 0.0829. The van der Waals surface area contributed by atoms with Crippen LogP contribution in [0.15, 0.2) is 0 Å². The molecule has 0 bridgehead atoms. The minimum atomic E-state index is 0.412. The molecule has 1 saturated heterocycles. The molecule has 1 fully saturated rings. The maximum absolute atomic E-state index is 5.63. The SMILES string of the molecule is CCCNC(CC)CCCN(C)C1CCOC1C. The van der Waals surface area contributed by atoms with E-state index in [9.17, 15) is 0 Å². The van der Waals surface area contributed by atoms with Crippen molar-refractivity contribution >= 4 is 0 Å². The molecule has 3 heteroatoms. The van der Waals surface area contributed by atoms with Crippen molar-refractivity contribution in [1.29, 1.82) is 0 Å². The van der Waals surface area contributed by atoms with E-state index < -0.39 is 0 Å². The summed E-state index contributed by atoms with van der Waals surface area (Å²) in [6.45, 7) is 10.0. The maximum Gasteiger partial charge on any atom is 0.0702 e. The van der Waals surface area contributed by atoms with E-state index in [2.05, 4.69) is 38.0 Å². The Morgan fingerprint density at radius 2 is 2.17 bits per heavy atom. The summed E-state index contributed by atoms with van der Waals surface area (Å²) in [5, 5.41) is 3.63. The van der Waals surface area contributed by atoms with Crippen LogP contribution in [0.3, 0.4) is 0 Å². The van der Waals surface area contributed by atoms with Crippen molar-refractivity contribution in [2.24, 2.45) is 0 Å². The number of nitrogens with one attached hydrogen (secondary N) is 1. The molecule has 0 aromatic carbocycles. The summed E-state index contributed by atoms with van der Waals surface area (Å²) >= 11 is 0. The van der Waals surface area contributed by atoms with Crippen molar-refractivity contribution in [1.82, 2.24) is 10.2 Å². The third-order valence-corrected chi connectivity index (χ3v) is 4.14. The Balaban J connectivity index is 2.15. The second-order valence-electron chi connectivity index (χ2n) is 5.61. The van der Waals surface area contributed by atoms with Crippen LogP contribution in [0, 0.1) is 0 Å². The summed E-state index contributed by atoms with van der Waals surface area (Å²) in [5.74, 6) is 0. The second kappa shape index (κ2) is 8.89. The number of nitrogens with zero attached hydrogens (tertiary/aromatic N) is 1. The summed E-state index contributed by atoms with van der Waals surface area (Å²) in [5.41, 5.74) is 0. The fraction of sp³-hybridized carbons (Fsp3) is 1.00. The topological polar surface area (TPSA) is 24.5 Å². The third kappa shape index (κ3) is 5.25. The second-order valence-corrected chi connectivity index (χ2v) is 5.61. The highest BCUT2D eigenvalue weighted by atomic mass is 16.5. The molecule has 1 N–H and O–H groups in total. The van der Waals surface area contributed by atoms with E-state index in [0.29, 0.717) is 18.2 Å². The van der Waals surface area contributed by atoms with Crippen molar-refractivity contribution in [3.63, 3.8) is 0 Å². The number of hydrogen-bond acceptors (Lipinski definition) is 3. The first-order valence-corrected chi connectivity index (χ1v) is 7.74. The van der Waals surface area contributed by atoms with Crippen LogP contribution in [0.4, 0.5) is 0 Å².